The van der Waals surface area contributed by atoms with Gasteiger partial charge in [0.2, 0.25) is 5.65 Å². The maximum atomic E-state index is 14.8. The third-order valence-electron chi connectivity index (χ3n) is 5.09. The summed E-state index contributed by atoms with van der Waals surface area (Å²) in [5.74, 6) is -0.285. The molecular formula is C17H18FN5O. The number of aromatic nitrogens is 3. The van der Waals surface area contributed by atoms with Crippen molar-refractivity contribution in [1.29, 1.82) is 0 Å². The second-order valence-electron chi connectivity index (χ2n) is 6.81. The molecule has 0 spiro atoms. The Kier molecular flexibility index (Phi) is 2.79. The molecule has 1 atom stereocenters. The lowest BCUT2D eigenvalue weighted by atomic mass is 10.2. The van der Waals surface area contributed by atoms with E-state index in [-0.39, 0.29) is 23.5 Å². The van der Waals surface area contributed by atoms with Crippen molar-refractivity contribution in [2.24, 2.45) is 5.73 Å². The second-order valence-corrected chi connectivity index (χ2v) is 6.81. The highest BCUT2D eigenvalue weighted by Gasteiger charge is 2.29. The minimum absolute atomic E-state index is 0.0712. The molecule has 1 saturated heterocycles. The van der Waals surface area contributed by atoms with Crippen LogP contribution in [-0.2, 0) is 0 Å². The summed E-state index contributed by atoms with van der Waals surface area (Å²) in [6, 6.07) is 3.59. The van der Waals surface area contributed by atoms with Gasteiger partial charge in [-0.1, -0.05) is 0 Å². The number of fused-ring (bicyclic) bond motifs is 3. The maximum Gasteiger partial charge on any atom is 0.294 e. The number of nitrogens with zero attached hydrogens (tertiary/aromatic N) is 4. The van der Waals surface area contributed by atoms with Crippen LogP contribution in [-0.4, -0.2) is 33.1 Å². The van der Waals surface area contributed by atoms with Crippen LogP contribution in [0, 0.1) is 5.82 Å². The van der Waals surface area contributed by atoms with E-state index in [1.54, 1.807) is 21.4 Å². The molecule has 0 amide bonds. The van der Waals surface area contributed by atoms with Gasteiger partial charge in [-0.05, 0) is 25.3 Å². The normalized spacial score (nSPS) is 21.2. The summed E-state index contributed by atoms with van der Waals surface area (Å²) in [5, 5.41) is 0. The molecule has 6 nitrogen and oxygen atoms in total. The molecule has 2 N–H and O–H groups in total. The molecule has 0 radical (unpaired) electrons. The molecule has 1 saturated carbocycles. The van der Waals surface area contributed by atoms with Gasteiger partial charge >= 0.3 is 0 Å². The molecule has 5 rings (SSSR count). The number of benzene rings is 1. The third-order valence-corrected chi connectivity index (χ3v) is 5.09. The standard InChI is InChI=1S/C17H18FN5O/c18-12-7-14-15(8-13(12)21-5-3-10(19)9-21)23(11-1-2-11)17(24)16-20-4-6-22(14)16/h4,6-8,10-11H,1-3,5,9,19H2/t10-/m0/s1. The average molecular weight is 327 g/mol. The highest BCUT2D eigenvalue weighted by Crippen LogP contribution is 2.37. The van der Waals surface area contributed by atoms with Crippen molar-refractivity contribution in [2.75, 3.05) is 18.0 Å². The van der Waals surface area contributed by atoms with Crippen LogP contribution in [0.2, 0.25) is 0 Å². The van der Waals surface area contributed by atoms with Gasteiger partial charge in [0.25, 0.3) is 5.56 Å². The number of hydrogen-bond donors (Lipinski definition) is 1. The quantitative estimate of drug-likeness (QED) is 0.777. The molecule has 124 valence electrons. The van der Waals surface area contributed by atoms with Crippen LogP contribution in [0.15, 0.2) is 29.3 Å². The lowest BCUT2D eigenvalue weighted by molar-refractivity contribution is 0.622. The van der Waals surface area contributed by atoms with E-state index in [0.717, 1.165) is 31.3 Å². The van der Waals surface area contributed by atoms with E-state index in [4.69, 9.17) is 5.73 Å². The SMILES string of the molecule is N[C@H]1CCN(c2cc3c(cc2F)n2ccnc2c(=O)n3C2CC2)C1. The van der Waals surface area contributed by atoms with Gasteiger partial charge in [0.15, 0.2) is 0 Å². The molecule has 2 fully saturated rings. The van der Waals surface area contributed by atoms with Crippen LogP contribution in [0.4, 0.5) is 10.1 Å². The molecule has 0 unspecified atom stereocenters. The Labute approximate surface area is 137 Å². The maximum absolute atomic E-state index is 14.8. The number of halogens is 1. The van der Waals surface area contributed by atoms with Crippen molar-refractivity contribution < 1.29 is 4.39 Å². The lowest BCUT2D eigenvalue weighted by Crippen LogP contribution is -2.27. The van der Waals surface area contributed by atoms with Gasteiger partial charge in [0, 0.05) is 43.6 Å². The number of rotatable bonds is 2. The van der Waals surface area contributed by atoms with Crippen molar-refractivity contribution in [1.82, 2.24) is 14.0 Å². The lowest BCUT2D eigenvalue weighted by Gasteiger charge is -2.21. The minimum atomic E-state index is -0.285. The number of imidazole rings is 1. The zero-order valence-corrected chi connectivity index (χ0v) is 13.2. The van der Waals surface area contributed by atoms with Gasteiger partial charge in [-0.3, -0.25) is 9.20 Å². The Morgan fingerprint density at radius 2 is 2.04 bits per heavy atom. The van der Waals surface area contributed by atoms with Gasteiger partial charge in [-0.2, -0.15) is 0 Å². The third kappa shape index (κ3) is 1.91. The van der Waals surface area contributed by atoms with Crippen LogP contribution in [0.3, 0.4) is 0 Å². The van der Waals surface area contributed by atoms with E-state index in [2.05, 4.69) is 4.98 Å². The smallest absolute Gasteiger partial charge is 0.294 e. The fraction of sp³-hybridized carbons (Fsp3) is 0.412. The molecule has 2 aromatic heterocycles. The molecule has 3 heterocycles. The van der Waals surface area contributed by atoms with Gasteiger partial charge in [-0.15, -0.1) is 0 Å². The van der Waals surface area contributed by atoms with Crippen LogP contribution in [0.25, 0.3) is 16.7 Å². The first-order valence-electron chi connectivity index (χ1n) is 8.35. The molecule has 3 aromatic rings. The Hall–Kier alpha value is -2.41. The Morgan fingerprint density at radius 3 is 2.75 bits per heavy atom. The van der Waals surface area contributed by atoms with E-state index in [0.29, 0.717) is 23.4 Å². The zero-order chi connectivity index (χ0) is 16.4. The van der Waals surface area contributed by atoms with Crippen molar-refractivity contribution >= 4 is 22.4 Å². The summed E-state index contributed by atoms with van der Waals surface area (Å²) < 4.78 is 18.2. The average Bonchev–Trinajstić information content (AvgIpc) is 3.09. The first-order valence-corrected chi connectivity index (χ1v) is 8.35. The van der Waals surface area contributed by atoms with Crippen LogP contribution >= 0.6 is 0 Å². The fourth-order valence-corrected chi connectivity index (χ4v) is 3.74. The van der Waals surface area contributed by atoms with Crippen molar-refractivity contribution in [3.8, 4) is 0 Å². The summed E-state index contributed by atoms with van der Waals surface area (Å²) in [5.41, 5.74) is 8.19. The van der Waals surface area contributed by atoms with Crippen molar-refractivity contribution in [3.63, 3.8) is 0 Å². The Balaban J connectivity index is 1.83. The van der Waals surface area contributed by atoms with Crippen LogP contribution in [0.1, 0.15) is 25.3 Å². The van der Waals surface area contributed by atoms with E-state index < -0.39 is 0 Å². The molecular weight excluding hydrogens is 309 g/mol. The largest absolute Gasteiger partial charge is 0.367 e. The fourth-order valence-electron chi connectivity index (χ4n) is 3.74. The first kappa shape index (κ1) is 14.0. The second kappa shape index (κ2) is 4.80. The van der Waals surface area contributed by atoms with Crippen LogP contribution in [0.5, 0.6) is 0 Å². The van der Waals surface area contributed by atoms with E-state index in [1.807, 2.05) is 11.0 Å². The van der Waals surface area contributed by atoms with Gasteiger partial charge in [0.05, 0.1) is 16.7 Å². The number of anilines is 1. The molecule has 24 heavy (non-hydrogen) atoms. The number of hydrogen-bond acceptors (Lipinski definition) is 4. The van der Waals surface area contributed by atoms with Crippen molar-refractivity contribution in [2.45, 2.75) is 31.3 Å². The highest BCUT2D eigenvalue weighted by molar-refractivity contribution is 5.83. The Morgan fingerprint density at radius 1 is 1.21 bits per heavy atom. The van der Waals surface area contributed by atoms with Crippen LogP contribution < -0.4 is 16.2 Å². The molecule has 1 aromatic carbocycles. The number of nitrogens with two attached hydrogens (primary N) is 1. The monoisotopic (exact) mass is 327 g/mol. The predicted molar refractivity (Wildman–Crippen MR) is 90.0 cm³/mol. The predicted octanol–water partition coefficient (Wildman–Crippen LogP) is 1.66. The van der Waals surface area contributed by atoms with Gasteiger partial charge < -0.3 is 15.2 Å². The van der Waals surface area contributed by atoms with Gasteiger partial charge in [0.1, 0.15) is 5.82 Å². The molecule has 2 aliphatic rings. The highest BCUT2D eigenvalue weighted by atomic mass is 19.1. The summed E-state index contributed by atoms with van der Waals surface area (Å²) in [4.78, 5) is 18.9. The van der Waals surface area contributed by atoms with E-state index >= 15 is 0 Å². The first-order chi connectivity index (χ1) is 11.6. The zero-order valence-electron chi connectivity index (χ0n) is 13.2. The minimum Gasteiger partial charge on any atom is -0.367 e. The summed E-state index contributed by atoms with van der Waals surface area (Å²) in [6.07, 6.45) is 6.10. The van der Waals surface area contributed by atoms with Crippen molar-refractivity contribution in [3.05, 3.63) is 40.7 Å². The molecule has 0 bridgehead atoms. The molecule has 7 heteroatoms. The Bertz CT molecular complexity index is 1020. The van der Waals surface area contributed by atoms with E-state index in [1.165, 1.54) is 6.07 Å². The topological polar surface area (TPSA) is 68.6 Å². The summed E-state index contributed by atoms with van der Waals surface area (Å²) in [6.45, 7) is 1.38. The molecule has 1 aliphatic carbocycles. The summed E-state index contributed by atoms with van der Waals surface area (Å²) in [7, 11) is 0. The van der Waals surface area contributed by atoms with E-state index in [9.17, 15) is 9.18 Å². The molecule has 1 aliphatic heterocycles. The van der Waals surface area contributed by atoms with Gasteiger partial charge in [-0.25, -0.2) is 9.37 Å². The summed E-state index contributed by atoms with van der Waals surface area (Å²) >= 11 is 0.